The van der Waals surface area contributed by atoms with E-state index in [1.165, 1.54) is 13.1 Å². The quantitative estimate of drug-likeness (QED) is 0.717. The number of rotatable bonds is 2. The molecule has 1 amide bonds. The van der Waals surface area contributed by atoms with Crippen LogP contribution in [-0.2, 0) is 9.59 Å². The number of nitrogens with one attached hydrogen (secondary N) is 1. The summed E-state index contributed by atoms with van der Waals surface area (Å²) < 4.78 is 0. The number of carbonyl (C=O) groups excluding carboxylic acids is 2. The van der Waals surface area contributed by atoms with Crippen molar-refractivity contribution >= 4 is 17.4 Å². The van der Waals surface area contributed by atoms with Gasteiger partial charge >= 0.3 is 0 Å². The van der Waals surface area contributed by atoms with Gasteiger partial charge in [-0.05, 0) is 25.5 Å². The number of nitrogens with zero attached hydrogens (tertiary/aromatic N) is 1. The number of ketones is 1. The molecule has 74 valence electrons. The molecule has 4 nitrogen and oxygen atoms in total. The minimum absolute atomic E-state index is 0.511. The molecule has 1 rings (SSSR count). The summed E-state index contributed by atoms with van der Waals surface area (Å²) >= 11 is 0. The summed E-state index contributed by atoms with van der Waals surface area (Å²) in [5.41, 5.74) is 2.44. The van der Waals surface area contributed by atoms with Crippen molar-refractivity contribution in [3.05, 3.63) is 23.5 Å². The molecule has 14 heavy (non-hydrogen) atoms. The Morgan fingerprint density at radius 1 is 1.36 bits per heavy atom. The van der Waals surface area contributed by atoms with Crippen molar-refractivity contribution in [1.82, 2.24) is 4.98 Å². The molecule has 0 saturated heterocycles. The predicted octanol–water partition coefficient (Wildman–Crippen LogP) is 1.23. The minimum atomic E-state index is -0.616. The summed E-state index contributed by atoms with van der Waals surface area (Å²) in [5, 5.41) is 2.46. The molecule has 0 saturated carbocycles. The Morgan fingerprint density at radius 3 is 2.50 bits per heavy atom. The Hall–Kier alpha value is -1.71. The molecule has 0 aromatic carbocycles. The van der Waals surface area contributed by atoms with Gasteiger partial charge in [0.2, 0.25) is 5.78 Å². The lowest BCUT2D eigenvalue weighted by molar-refractivity contribution is -0.133. The fourth-order valence-electron chi connectivity index (χ4n) is 0.931. The number of aryl methyl sites for hydroxylation is 2. The molecule has 0 unspecified atom stereocenters. The molecule has 0 fully saturated rings. The lowest BCUT2D eigenvalue weighted by atomic mass is 10.2. The molecular weight excluding hydrogens is 180 g/mol. The van der Waals surface area contributed by atoms with Crippen LogP contribution < -0.4 is 5.32 Å². The first-order chi connectivity index (χ1) is 6.50. The molecule has 0 atom stereocenters. The van der Waals surface area contributed by atoms with Gasteiger partial charge in [-0.25, -0.2) is 0 Å². The van der Waals surface area contributed by atoms with Crippen LogP contribution in [0.25, 0.3) is 0 Å². The van der Waals surface area contributed by atoms with E-state index < -0.39 is 11.7 Å². The summed E-state index contributed by atoms with van der Waals surface area (Å²) in [6, 6.07) is 1.78. The maximum Gasteiger partial charge on any atom is 0.291 e. The van der Waals surface area contributed by atoms with Gasteiger partial charge in [0.25, 0.3) is 5.91 Å². The topological polar surface area (TPSA) is 59.1 Å². The molecule has 1 heterocycles. The number of hydrogen-bond donors (Lipinski definition) is 1. The van der Waals surface area contributed by atoms with Crippen molar-refractivity contribution in [3.8, 4) is 0 Å². The maximum absolute atomic E-state index is 11.0. The first-order valence-electron chi connectivity index (χ1n) is 4.26. The lowest BCUT2D eigenvalue weighted by Crippen LogP contribution is -2.19. The van der Waals surface area contributed by atoms with Crippen LogP contribution in [0.5, 0.6) is 0 Å². The second-order valence-corrected chi connectivity index (χ2v) is 3.14. The van der Waals surface area contributed by atoms with Crippen LogP contribution >= 0.6 is 0 Å². The molecule has 0 radical (unpaired) electrons. The van der Waals surface area contributed by atoms with Gasteiger partial charge in [-0.3, -0.25) is 14.6 Å². The molecule has 4 heteroatoms. The second-order valence-electron chi connectivity index (χ2n) is 3.14. The second kappa shape index (κ2) is 4.00. The largest absolute Gasteiger partial charge is 0.318 e. The first-order valence-corrected chi connectivity index (χ1v) is 4.26. The van der Waals surface area contributed by atoms with Gasteiger partial charge in [0, 0.05) is 12.6 Å². The van der Waals surface area contributed by atoms with Crippen LogP contribution in [0.1, 0.15) is 18.2 Å². The van der Waals surface area contributed by atoms with E-state index in [1.807, 2.05) is 13.8 Å². The zero-order valence-corrected chi connectivity index (χ0v) is 8.42. The fourth-order valence-corrected chi connectivity index (χ4v) is 0.931. The van der Waals surface area contributed by atoms with Crippen LogP contribution in [0, 0.1) is 13.8 Å². The normalized spacial score (nSPS) is 9.64. The standard InChI is InChI=1S/C10H12N2O2/c1-6-4-9(5-11-7(6)2)12-10(14)8(3)13/h4-5H,1-3H3,(H,12,14). The molecular formula is C10H12N2O2. The molecule has 0 spiro atoms. The van der Waals surface area contributed by atoms with E-state index in [-0.39, 0.29) is 0 Å². The average molecular weight is 192 g/mol. The molecule has 0 aliphatic rings. The van der Waals surface area contributed by atoms with Crippen molar-refractivity contribution in [2.24, 2.45) is 0 Å². The highest BCUT2D eigenvalue weighted by Crippen LogP contribution is 2.10. The number of aromatic nitrogens is 1. The van der Waals surface area contributed by atoms with E-state index in [9.17, 15) is 9.59 Å². The third-order valence-electron chi connectivity index (χ3n) is 1.92. The van der Waals surface area contributed by atoms with E-state index in [4.69, 9.17) is 0 Å². The summed E-state index contributed by atoms with van der Waals surface area (Å²) in [4.78, 5) is 25.8. The fraction of sp³-hybridized carbons (Fsp3) is 0.300. The van der Waals surface area contributed by atoms with Gasteiger partial charge in [0.15, 0.2) is 0 Å². The molecule has 0 bridgehead atoms. The van der Waals surface area contributed by atoms with Gasteiger partial charge in [-0.2, -0.15) is 0 Å². The number of hydrogen-bond acceptors (Lipinski definition) is 3. The highest BCUT2D eigenvalue weighted by atomic mass is 16.2. The van der Waals surface area contributed by atoms with E-state index >= 15 is 0 Å². The number of anilines is 1. The predicted molar refractivity (Wildman–Crippen MR) is 53.0 cm³/mol. The van der Waals surface area contributed by atoms with Gasteiger partial charge in [-0.1, -0.05) is 0 Å². The molecule has 1 aromatic heterocycles. The van der Waals surface area contributed by atoms with Crippen LogP contribution in [0.4, 0.5) is 5.69 Å². The number of carbonyl (C=O) groups is 2. The van der Waals surface area contributed by atoms with Crippen molar-refractivity contribution < 1.29 is 9.59 Å². The van der Waals surface area contributed by atoms with Crippen LogP contribution in [-0.4, -0.2) is 16.7 Å². The van der Waals surface area contributed by atoms with E-state index in [2.05, 4.69) is 10.3 Å². The van der Waals surface area contributed by atoms with Crippen molar-refractivity contribution in [2.45, 2.75) is 20.8 Å². The smallest absolute Gasteiger partial charge is 0.291 e. The third kappa shape index (κ3) is 2.39. The van der Waals surface area contributed by atoms with Gasteiger partial charge in [-0.15, -0.1) is 0 Å². The van der Waals surface area contributed by atoms with E-state index in [0.717, 1.165) is 11.3 Å². The van der Waals surface area contributed by atoms with Crippen LogP contribution in [0.2, 0.25) is 0 Å². The lowest BCUT2D eigenvalue weighted by Gasteiger charge is -2.04. The molecule has 1 aromatic rings. The first kappa shape index (κ1) is 10.4. The Morgan fingerprint density at radius 2 is 2.00 bits per heavy atom. The number of amides is 1. The molecule has 0 aliphatic heterocycles. The summed E-state index contributed by atoms with van der Waals surface area (Å²) in [5.74, 6) is -1.13. The highest BCUT2D eigenvalue weighted by Gasteiger charge is 2.07. The van der Waals surface area contributed by atoms with Gasteiger partial charge < -0.3 is 5.32 Å². The SMILES string of the molecule is CC(=O)C(=O)Nc1cnc(C)c(C)c1. The van der Waals surface area contributed by atoms with E-state index in [1.54, 1.807) is 6.07 Å². The van der Waals surface area contributed by atoms with E-state index in [0.29, 0.717) is 5.69 Å². The average Bonchev–Trinajstić information content (AvgIpc) is 2.11. The summed E-state index contributed by atoms with van der Waals surface area (Å²) in [6.07, 6.45) is 1.53. The minimum Gasteiger partial charge on any atom is -0.318 e. The van der Waals surface area contributed by atoms with Crippen LogP contribution in [0.15, 0.2) is 12.3 Å². The zero-order chi connectivity index (χ0) is 10.7. The number of Topliss-reactive ketones (excluding diaryl/α,β-unsaturated/α-hetero) is 1. The number of pyridine rings is 1. The Kier molecular flexibility index (Phi) is 2.96. The summed E-state index contributed by atoms with van der Waals surface area (Å²) in [6.45, 7) is 5.00. The van der Waals surface area contributed by atoms with Gasteiger partial charge in [0.05, 0.1) is 11.9 Å². The van der Waals surface area contributed by atoms with Crippen molar-refractivity contribution in [1.29, 1.82) is 0 Å². The van der Waals surface area contributed by atoms with Crippen molar-refractivity contribution in [2.75, 3.05) is 5.32 Å². The maximum atomic E-state index is 11.0. The van der Waals surface area contributed by atoms with Gasteiger partial charge in [0.1, 0.15) is 0 Å². The Bertz CT molecular complexity index is 386. The van der Waals surface area contributed by atoms with Crippen LogP contribution in [0.3, 0.4) is 0 Å². The van der Waals surface area contributed by atoms with Crippen molar-refractivity contribution in [3.63, 3.8) is 0 Å². The molecule has 1 N–H and O–H groups in total. The Labute approximate surface area is 82.3 Å². The Balaban J connectivity index is 2.83. The summed E-state index contributed by atoms with van der Waals surface area (Å²) in [7, 11) is 0. The molecule has 0 aliphatic carbocycles. The zero-order valence-electron chi connectivity index (χ0n) is 8.42. The highest BCUT2D eigenvalue weighted by molar-refractivity contribution is 6.39. The third-order valence-corrected chi connectivity index (χ3v) is 1.92. The monoisotopic (exact) mass is 192 g/mol.